The number of fused-ring (bicyclic) bond motifs is 1. The van der Waals surface area contributed by atoms with E-state index in [4.69, 9.17) is 27.6 Å². The van der Waals surface area contributed by atoms with Crippen LogP contribution in [0.2, 0.25) is 10.0 Å². The average Bonchev–Trinajstić information content (AvgIpc) is 2.52. The van der Waals surface area contributed by atoms with Crippen molar-refractivity contribution >= 4 is 45.6 Å². The molecule has 3 rings (SSSR count). The maximum atomic E-state index is 12.2. The van der Waals surface area contributed by atoms with Gasteiger partial charge in [0.1, 0.15) is 0 Å². The summed E-state index contributed by atoms with van der Waals surface area (Å²) in [6.07, 6.45) is 2.71. The van der Waals surface area contributed by atoms with Gasteiger partial charge in [0.2, 0.25) is 0 Å². The second-order valence-electron chi connectivity index (χ2n) is 4.42. The van der Waals surface area contributed by atoms with Crippen molar-refractivity contribution < 1.29 is 9.21 Å². The number of rotatable bonds is 2. The molecule has 22 heavy (non-hydrogen) atoms. The number of pyridine rings is 1. The summed E-state index contributed by atoms with van der Waals surface area (Å²) >= 11 is 11.8. The minimum Gasteiger partial charge on any atom is -0.417 e. The maximum absolute atomic E-state index is 12.2. The zero-order valence-corrected chi connectivity index (χ0v) is 12.5. The molecular weight excluding hydrogens is 327 g/mol. The predicted octanol–water partition coefficient (Wildman–Crippen LogP) is 3.75. The fraction of sp³-hybridized carbons (Fsp3) is 0. The molecule has 1 aromatic carbocycles. The van der Waals surface area contributed by atoms with Crippen LogP contribution in [-0.2, 0) is 0 Å². The lowest BCUT2D eigenvalue weighted by atomic mass is 10.1. The summed E-state index contributed by atoms with van der Waals surface area (Å²) < 4.78 is 5.03. The van der Waals surface area contributed by atoms with E-state index in [1.165, 1.54) is 18.5 Å². The van der Waals surface area contributed by atoms with E-state index in [0.29, 0.717) is 10.8 Å². The number of carbonyl (C=O) groups is 1. The maximum Gasteiger partial charge on any atom is 0.344 e. The number of aromatic nitrogens is 1. The molecule has 5 nitrogen and oxygen atoms in total. The van der Waals surface area contributed by atoms with Crippen LogP contribution in [0.15, 0.2) is 51.9 Å². The lowest BCUT2D eigenvalue weighted by molar-refractivity contribution is 0.0993. The summed E-state index contributed by atoms with van der Waals surface area (Å²) in [5.74, 6) is -0.742. The second kappa shape index (κ2) is 5.79. The van der Waals surface area contributed by atoms with Crippen LogP contribution in [-0.4, -0.2) is 10.9 Å². The Kier molecular flexibility index (Phi) is 3.83. The Morgan fingerprint density at radius 2 is 1.95 bits per heavy atom. The van der Waals surface area contributed by atoms with E-state index in [1.807, 2.05) is 0 Å². The Labute approximate surface area is 134 Å². The summed E-state index contributed by atoms with van der Waals surface area (Å²) in [5, 5.41) is 3.89. The van der Waals surface area contributed by atoms with Crippen molar-refractivity contribution in [2.45, 2.75) is 0 Å². The highest BCUT2D eigenvalue weighted by Gasteiger charge is 2.15. The number of benzene rings is 1. The van der Waals surface area contributed by atoms with E-state index in [-0.39, 0.29) is 21.5 Å². The second-order valence-corrected chi connectivity index (χ2v) is 5.21. The first-order valence-corrected chi connectivity index (χ1v) is 6.95. The van der Waals surface area contributed by atoms with E-state index in [1.54, 1.807) is 24.3 Å². The van der Waals surface area contributed by atoms with Gasteiger partial charge in [-0.05, 0) is 17.5 Å². The summed E-state index contributed by atoms with van der Waals surface area (Å²) in [6.45, 7) is 0. The van der Waals surface area contributed by atoms with Crippen molar-refractivity contribution in [3.05, 3.63) is 69.0 Å². The number of amides is 1. The van der Waals surface area contributed by atoms with Gasteiger partial charge in [0, 0.05) is 6.20 Å². The molecule has 0 aliphatic carbocycles. The van der Waals surface area contributed by atoms with Crippen molar-refractivity contribution in [3.8, 4) is 0 Å². The topological polar surface area (TPSA) is 72.2 Å². The van der Waals surface area contributed by atoms with Crippen molar-refractivity contribution in [1.29, 1.82) is 0 Å². The molecule has 2 heterocycles. The van der Waals surface area contributed by atoms with Crippen LogP contribution in [0.25, 0.3) is 10.8 Å². The van der Waals surface area contributed by atoms with Gasteiger partial charge in [-0.25, -0.2) is 4.79 Å². The molecule has 0 aliphatic heterocycles. The molecule has 0 fully saturated rings. The highest BCUT2D eigenvalue weighted by Crippen LogP contribution is 2.28. The molecule has 7 heteroatoms. The van der Waals surface area contributed by atoms with Gasteiger partial charge in [0.05, 0.1) is 27.3 Å². The van der Waals surface area contributed by atoms with Gasteiger partial charge in [-0.3, -0.25) is 9.78 Å². The van der Waals surface area contributed by atoms with Crippen LogP contribution in [0, 0.1) is 0 Å². The fourth-order valence-corrected chi connectivity index (χ4v) is 2.24. The Balaban J connectivity index is 1.99. The first-order chi connectivity index (χ1) is 10.6. The summed E-state index contributed by atoms with van der Waals surface area (Å²) in [5.41, 5.74) is -0.353. The Morgan fingerprint density at radius 1 is 1.18 bits per heavy atom. The van der Waals surface area contributed by atoms with E-state index in [9.17, 15) is 9.59 Å². The third kappa shape index (κ3) is 2.68. The van der Waals surface area contributed by atoms with Gasteiger partial charge in [0.15, 0.2) is 5.76 Å². The fourth-order valence-electron chi connectivity index (χ4n) is 1.94. The zero-order chi connectivity index (χ0) is 15.7. The minimum absolute atomic E-state index is 0.125. The van der Waals surface area contributed by atoms with E-state index >= 15 is 0 Å². The van der Waals surface area contributed by atoms with Crippen LogP contribution < -0.4 is 10.9 Å². The third-order valence-corrected chi connectivity index (χ3v) is 3.77. The molecule has 1 N–H and O–H groups in total. The van der Waals surface area contributed by atoms with Crippen LogP contribution in [0.1, 0.15) is 10.6 Å². The molecule has 0 aliphatic rings. The van der Waals surface area contributed by atoms with Gasteiger partial charge in [-0.2, -0.15) is 0 Å². The van der Waals surface area contributed by atoms with Gasteiger partial charge in [0.25, 0.3) is 5.91 Å². The molecule has 0 radical (unpaired) electrons. The number of halogens is 2. The molecule has 0 saturated heterocycles. The predicted molar refractivity (Wildman–Crippen MR) is 84.7 cm³/mol. The van der Waals surface area contributed by atoms with Crippen molar-refractivity contribution in [2.75, 3.05) is 5.32 Å². The molecule has 0 unspecified atom stereocenters. The van der Waals surface area contributed by atoms with Crippen molar-refractivity contribution in [3.63, 3.8) is 0 Å². The largest absolute Gasteiger partial charge is 0.417 e. The van der Waals surface area contributed by atoms with E-state index in [0.717, 1.165) is 0 Å². The zero-order valence-electron chi connectivity index (χ0n) is 11.0. The number of hydrogen-bond acceptors (Lipinski definition) is 4. The molecule has 2 aromatic heterocycles. The SMILES string of the molecule is O=C(Nc1cncc(Cl)c1Cl)c1cc2ccccc2c(=O)o1. The number of anilines is 1. The third-order valence-electron chi connectivity index (χ3n) is 2.98. The first-order valence-electron chi connectivity index (χ1n) is 6.19. The number of carbonyl (C=O) groups excluding carboxylic acids is 1. The van der Waals surface area contributed by atoms with E-state index in [2.05, 4.69) is 10.3 Å². The molecule has 0 spiro atoms. The van der Waals surface area contributed by atoms with Crippen LogP contribution >= 0.6 is 23.2 Å². The molecule has 3 aromatic rings. The summed E-state index contributed by atoms with van der Waals surface area (Å²) in [4.78, 5) is 27.9. The standard InChI is InChI=1S/C15H8Cl2N2O3/c16-10-6-18-7-11(13(10)17)19-14(20)12-5-8-3-1-2-4-9(8)15(21)22-12/h1-7H,(H,19,20). The minimum atomic E-state index is -0.617. The lowest BCUT2D eigenvalue weighted by Gasteiger charge is -2.07. The van der Waals surface area contributed by atoms with Gasteiger partial charge >= 0.3 is 5.63 Å². The molecule has 0 atom stereocenters. The smallest absolute Gasteiger partial charge is 0.344 e. The molecular formula is C15H8Cl2N2O3. The molecule has 1 amide bonds. The molecule has 0 bridgehead atoms. The van der Waals surface area contributed by atoms with E-state index < -0.39 is 11.5 Å². The van der Waals surface area contributed by atoms with Crippen LogP contribution in [0.4, 0.5) is 5.69 Å². The Morgan fingerprint density at radius 3 is 2.77 bits per heavy atom. The first kappa shape index (κ1) is 14.6. The van der Waals surface area contributed by atoms with Crippen LogP contribution in [0.5, 0.6) is 0 Å². The number of nitrogens with one attached hydrogen (secondary N) is 1. The van der Waals surface area contributed by atoms with Crippen molar-refractivity contribution in [2.24, 2.45) is 0 Å². The summed E-state index contributed by atoms with van der Waals surface area (Å²) in [7, 11) is 0. The lowest BCUT2D eigenvalue weighted by Crippen LogP contribution is -2.15. The van der Waals surface area contributed by atoms with Gasteiger partial charge in [-0.1, -0.05) is 41.4 Å². The normalized spacial score (nSPS) is 10.6. The summed E-state index contributed by atoms with van der Waals surface area (Å²) in [6, 6.07) is 8.31. The molecule has 110 valence electrons. The Hall–Kier alpha value is -2.37. The highest BCUT2D eigenvalue weighted by molar-refractivity contribution is 6.43. The van der Waals surface area contributed by atoms with Crippen molar-refractivity contribution in [1.82, 2.24) is 4.98 Å². The molecule has 0 saturated carbocycles. The monoisotopic (exact) mass is 334 g/mol. The van der Waals surface area contributed by atoms with Crippen LogP contribution in [0.3, 0.4) is 0 Å². The highest BCUT2D eigenvalue weighted by atomic mass is 35.5. The number of hydrogen-bond donors (Lipinski definition) is 1. The quantitative estimate of drug-likeness (QED) is 0.774. The average molecular weight is 335 g/mol. The number of nitrogens with zero attached hydrogens (tertiary/aromatic N) is 1. The Bertz CT molecular complexity index is 937. The van der Waals surface area contributed by atoms with Gasteiger partial charge < -0.3 is 9.73 Å². The van der Waals surface area contributed by atoms with Gasteiger partial charge in [-0.15, -0.1) is 0 Å².